The minimum atomic E-state index is -0.828. The van der Waals surface area contributed by atoms with Crippen LogP contribution in [0.4, 0.5) is 10.5 Å². The van der Waals surface area contributed by atoms with Crippen LogP contribution in [0.25, 0.3) is 6.08 Å². The largest absolute Gasteiger partial charge is 0.494 e. The quantitative estimate of drug-likeness (QED) is 0.287. The first-order valence-corrected chi connectivity index (χ1v) is 11.9. The number of nitrogens with one attached hydrogen (secondary N) is 1. The molecule has 7 nitrogen and oxygen atoms in total. The number of carbonyl (C=O) groups excluding carboxylic acids is 3. The van der Waals surface area contributed by atoms with Gasteiger partial charge in [0.1, 0.15) is 23.7 Å². The molecule has 0 aliphatic carbocycles. The molecule has 0 saturated carbocycles. The number of imide groups is 2. The average Bonchev–Trinajstić information content (AvgIpc) is 2.86. The van der Waals surface area contributed by atoms with E-state index in [2.05, 4.69) is 5.32 Å². The zero-order valence-corrected chi connectivity index (χ0v) is 20.8. The number of hydrogen-bond donors (Lipinski definition) is 1. The van der Waals surface area contributed by atoms with Crippen LogP contribution in [0, 0.1) is 0 Å². The summed E-state index contributed by atoms with van der Waals surface area (Å²) in [5, 5.41) is 3.07. The number of benzene rings is 3. The standard InChI is InChI=1S/C27H22Cl2N2O5/c1-2-13-35-20-10-8-19(9-11-20)31-26(33)21(25(32)30-27(31)34)14-17-7-12-24(23(29)15-17)36-16-18-5-3-4-6-22(18)28/h3-12,14-15H,2,13,16H2,1H3,(H,30,32,34)/b21-14-. The zero-order valence-electron chi connectivity index (χ0n) is 19.3. The van der Waals surface area contributed by atoms with Crippen molar-refractivity contribution in [2.45, 2.75) is 20.0 Å². The molecule has 1 aliphatic rings. The van der Waals surface area contributed by atoms with E-state index in [1.54, 1.807) is 48.5 Å². The van der Waals surface area contributed by atoms with Crippen LogP contribution in [0.3, 0.4) is 0 Å². The fourth-order valence-corrected chi connectivity index (χ4v) is 3.90. The van der Waals surface area contributed by atoms with Crippen molar-refractivity contribution in [1.29, 1.82) is 0 Å². The lowest BCUT2D eigenvalue weighted by Gasteiger charge is -2.26. The van der Waals surface area contributed by atoms with Gasteiger partial charge in [0.05, 0.1) is 17.3 Å². The lowest BCUT2D eigenvalue weighted by atomic mass is 10.1. The number of hydrogen-bond acceptors (Lipinski definition) is 5. The van der Waals surface area contributed by atoms with Gasteiger partial charge in [-0.15, -0.1) is 0 Å². The summed E-state index contributed by atoms with van der Waals surface area (Å²) in [5.74, 6) is -0.510. The molecule has 1 heterocycles. The summed E-state index contributed by atoms with van der Waals surface area (Å²) in [7, 11) is 0. The number of halogens is 2. The van der Waals surface area contributed by atoms with Crippen LogP contribution in [0.5, 0.6) is 11.5 Å². The van der Waals surface area contributed by atoms with Gasteiger partial charge < -0.3 is 9.47 Å². The van der Waals surface area contributed by atoms with Gasteiger partial charge in [-0.1, -0.05) is 54.4 Å². The minimum absolute atomic E-state index is 0.207. The molecule has 0 unspecified atom stereocenters. The van der Waals surface area contributed by atoms with Crippen molar-refractivity contribution in [2.24, 2.45) is 0 Å². The predicted octanol–water partition coefficient (Wildman–Crippen LogP) is 6.03. The summed E-state index contributed by atoms with van der Waals surface area (Å²) in [5.41, 5.74) is 1.39. The van der Waals surface area contributed by atoms with Crippen molar-refractivity contribution in [3.8, 4) is 11.5 Å². The average molecular weight is 525 g/mol. The van der Waals surface area contributed by atoms with Crippen LogP contribution in [0.2, 0.25) is 10.0 Å². The highest BCUT2D eigenvalue weighted by Gasteiger charge is 2.36. The number of amides is 4. The van der Waals surface area contributed by atoms with E-state index in [9.17, 15) is 14.4 Å². The highest BCUT2D eigenvalue weighted by molar-refractivity contribution is 6.39. The molecule has 0 aromatic heterocycles. The van der Waals surface area contributed by atoms with Crippen molar-refractivity contribution in [3.05, 3.63) is 93.5 Å². The second-order valence-corrected chi connectivity index (χ2v) is 8.68. The molecule has 0 spiro atoms. The molecule has 0 radical (unpaired) electrons. The van der Waals surface area contributed by atoms with Crippen LogP contribution < -0.4 is 19.7 Å². The van der Waals surface area contributed by atoms with Gasteiger partial charge in [-0.2, -0.15) is 0 Å². The molecule has 1 fully saturated rings. The molecule has 4 amide bonds. The number of ether oxygens (including phenoxy) is 2. The molecule has 3 aromatic carbocycles. The fraction of sp³-hybridized carbons (Fsp3) is 0.148. The van der Waals surface area contributed by atoms with E-state index in [1.165, 1.54) is 6.08 Å². The highest BCUT2D eigenvalue weighted by atomic mass is 35.5. The van der Waals surface area contributed by atoms with Crippen molar-refractivity contribution >= 4 is 52.8 Å². The lowest BCUT2D eigenvalue weighted by Crippen LogP contribution is -2.54. The highest BCUT2D eigenvalue weighted by Crippen LogP contribution is 2.29. The molecule has 1 saturated heterocycles. The normalized spacial score (nSPS) is 14.7. The molecular weight excluding hydrogens is 503 g/mol. The topological polar surface area (TPSA) is 84.9 Å². The molecule has 3 aromatic rings. The predicted molar refractivity (Wildman–Crippen MR) is 138 cm³/mol. The monoisotopic (exact) mass is 524 g/mol. The summed E-state index contributed by atoms with van der Waals surface area (Å²) in [6.07, 6.45) is 2.23. The first kappa shape index (κ1) is 25.3. The Morgan fingerprint density at radius 2 is 1.67 bits per heavy atom. The Kier molecular flexibility index (Phi) is 7.93. The van der Waals surface area contributed by atoms with Crippen molar-refractivity contribution in [2.75, 3.05) is 11.5 Å². The Hall–Kier alpha value is -3.81. The molecular formula is C27H22Cl2N2O5. The third-order valence-electron chi connectivity index (χ3n) is 5.28. The SMILES string of the molecule is CCCOc1ccc(N2C(=O)NC(=O)/C(=C/c3ccc(OCc4ccccc4Cl)c(Cl)c3)C2=O)cc1. The van der Waals surface area contributed by atoms with Crippen LogP contribution >= 0.6 is 23.2 Å². The van der Waals surface area contributed by atoms with Gasteiger partial charge in [0.15, 0.2) is 0 Å². The van der Waals surface area contributed by atoms with E-state index < -0.39 is 17.8 Å². The summed E-state index contributed by atoms with van der Waals surface area (Å²) in [6.45, 7) is 2.76. The second-order valence-electron chi connectivity index (χ2n) is 7.87. The Labute approximate surface area is 218 Å². The van der Waals surface area contributed by atoms with Crippen molar-refractivity contribution < 1.29 is 23.9 Å². The fourth-order valence-electron chi connectivity index (χ4n) is 3.46. The van der Waals surface area contributed by atoms with E-state index in [-0.39, 0.29) is 17.2 Å². The molecule has 1 N–H and O–H groups in total. The van der Waals surface area contributed by atoms with Gasteiger partial charge in [-0.05, 0) is 60.5 Å². The third kappa shape index (κ3) is 5.70. The van der Waals surface area contributed by atoms with Gasteiger partial charge in [-0.25, -0.2) is 9.69 Å². The third-order valence-corrected chi connectivity index (χ3v) is 5.94. The van der Waals surface area contributed by atoms with Gasteiger partial charge in [0, 0.05) is 10.6 Å². The molecule has 9 heteroatoms. The Morgan fingerprint density at radius 1 is 0.917 bits per heavy atom. The van der Waals surface area contributed by atoms with Crippen molar-refractivity contribution in [3.63, 3.8) is 0 Å². The molecule has 0 atom stereocenters. The van der Waals surface area contributed by atoms with E-state index in [4.69, 9.17) is 32.7 Å². The first-order valence-electron chi connectivity index (χ1n) is 11.2. The lowest BCUT2D eigenvalue weighted by molar-refractivity contribution is -0.122. The van der Waals surface area contributed by atoms with E-state index >= 15 is 0 Å². The summed E-state index contributed by atoms with van der Waals surface area (Å²) in [6, 6.07) is 17.8. The van der Waals surface area contributed by atoms with E-state index in [0.717, 1.165) is 16.9 Å². The van der Waals surface area contributed by atoms with Crippen LogP contribution in [-0.2, 0) is 16.2 Å². The maximum Gasteiger partial charge on any atom is 0.335 e. The van der Waals surface area contributed by atoms with E-state index in [1.807, 2.05) is 25.1 Å². The van der Waals surface area contributed by atoms with Crippen LogP contribution in [0.1, 0.15) is 24.5 Å². The van der Waals surface area contributed by atoms with Crippen molar-refractivity contribution in [1.82, 2.24) is 5.32 Å². The number of barbiturate groups is 1. The first-order chi connectivity index (χ1) is 17.4. The summed E-state index contributed by atoms with van der Waals surface area (Å²) in [4.78, 5) is 39.0. The maximum absolute atomic E-state index is 13.1. The minimum Gasteiger partial charge on any atom is -0.494 e. The summed E-state index contributed by atoms with van der Waals surface area (Å²) >= 11 is 12.5. The van der Waals surface area contributed by atoms with Gasteiger partial charge >= 0.3 is 6.03 Å². The Bertz CT molecular complexity index is 1340. The van der Waals surface area contributed by atoms with Gasteiger partial charge in [0.2, 0.25) is 0 Å². The number of rotatable bonds is 8. The number of nitrogens with zero attached hydrogens (tertiary/aromatic N) is 1. The molecule has 4 rings (SSSR count). The molecule has 1 aliphatic heterocycles. The van der Waals surface area contributed by atoms with Crippen LogP contribution in [-0.4, -0.2) is 24.5 Å². The van der Waals surface area contributed by atoms with Crippen LogP contribution in [0.15, 0.2) is 72.3 Å². The van der Waals surface area contributed by atoms with Gasteiger partial charge in [-0.3, -0.25) is 14.9 Å². The Balaban J connectivity index is 1.53. The number of urea groups is 1. The summed E-state index contributed by atoms with van der Waals surface area (Å²) < 4.78 is 11.3. The van der Waals surface area contributed by atoms with Gasteiger partial charge in [0.25, 0.3) is 11.8 Å². The zero-order chi connectivity index (χ0) is 25.7. The second kappa shape index (κ2) is 11.3. The van der Waals surface area contributed by atoms with E-state index in [0.29, 0.717) is 34.4 Å². The number of carbonyl (C=O) groups is 3. The Morgan fingerprint density at radius 3 is 2.36 bits per heavy atom. The number of anilines is 1. The molecule has 36 heavy (non-hydrogen) atoms. The smallest absolute Gasteiger partial charge is 0.335 e. The molecule has 0 bridgehead atoms. The maximum atomic E-state index is 13.1. The molecule has 184 valence electrons.